The van der Waals surface area contributed by atoms with Crippen LogP contribution in [0.25, 0.3) is 6.08 Å². The molecule has 33 heavy (non-hydrogen) atoms. The molecule has 0 atom stereocenters. The van der Waals surface area contributed by atoms with Crippen molar-refractivity contribution < 1.29 is 24.2 Å². The zero-order valence-electron chi connectivity index (χ0n) is 17.3. The Morgan fingerprint density at radius 2 is 1.94 bits per heavy atom. The van der Waals surface area contributed by atoms with Crippen LogP contribution in [-0.4, -0.2) is 45.3 Å². The minimum Gasteiger partial charge on any atom is -0.506 e. The molecule has 1 fully saturated rings. The Morgan fingerprint density at radius 3 is 2.61 bits per heavy atom. The summed E-state index contributed by atoms with van der Waals surface area (Å²) in [6.07, 6.45) is 1.60. The highest BCUT2D eigenvalue weighted by molar-refractivity contribution is 9.11. The zero-order valence-corrected chi connectivity index (χ0v) is 22.1. The third-order valence-corrected chi connectivity index (χ3v) is 6.90. The molecule has 2 N–H and O–H groups in total. The van der Waals surface area contributed by atoms with Crippen molar-refractivity contribution in [1.29, 1.82) is 0 Å². The molecule has 0 spiro atoms. The Bertz CT molecular complexity index is 1150. The van der Waals surface area contributed by atoms with Gasteiger partial charge in [0.2, 0.25) is 5.91 Å². The first-order chi connectivity index (χ1) is 15.7. The number of nitrogens with zero attached hydrogens (tertiary/aromatic N) is 1. The largest absolute Gasteiger partial charge is 0.506 e. The number of halogens is 2. The zero-order chi connectivity index (χ0) is 24.1. The van der Waals surface area contributed by atoms with Crippen LogP contribution < -0.4 is 5.32 Å². The van der Waals surface area contributed by atoms with Gasteiger partial charge >= 0.3 is 5.97 Å². The van der Waals surface area contributed by atoms with Crippen molar-refractivity contribution in [3.8, 4) is 5.75 Å². The number of benzene rings is 2. The second-order valence-corrected chi connectivity index (χ2v) is 10.2. The van der Waals surface area contributed by atoms with Crippen molar-refractivity contribution in [2.45, 2.75) is 13.3 Å². The standard InChI is InChI=1S/C22H18Br2N2O5S2/c1-2-31-21(30)12-3-5-15(6-4-12)25-18(27)7-8-26-20(29)17(33-22(26)32)10-13-9-14(23)11-16(24)19(13)28/h3-6,9-11,28H,2,7-8H2,1H3,(H,25,27)/b17-10-. The molecule has 11 heteroatoms. The summed E-state index contributed by atoms with van der Waals surface area (Å²) >= 11 is 13.0. The number of hydrogen-bond donors (Lipinski definition) is 2. The Morgan fingerprint density at radius 1 is 1.24 bits per heavy atom. The summed E-state index contributed by atoms with van der Waals surface area (Å²) in [5, 5.41) is 13.0. The average molecular weight is 614 g/mol. The van der Waals surface area contributed by atoms with Crippen LogP contribution >= 0.6 is 55.8 Å². The topological polar surface area (TPSA) is 95.9 Å². The molecule has 1 aliphatic rings. The first kappa shape index (κ1) is 25.4. The number of carbonyl (C=O) groups excluding carboxylic acids is 3. The SMILES string of the molecule is CCOC(=O)c1ccc(NC(=O)CCN2C(=O)/C(=C/c3cc(Br)cc(Br)c3O)SC2=S)cc1. The summed E-state index contributed by atoms with van der Waals surface area (Å²) < 4.78 is 6.50. The fraction of sp³-hybridized carbons (Fsp3) is 0.182. The lowest BCUT2D eigenvalue weighted by atomic mass is 10.2. The molecule has 2 aromatic carbocycles. The number of anilines is 1. The van der Waals surface area contributed by atoms with Gasteiger partial charge in [-0.25, -0.2) is 4.79 Å². The van der Waals surface area contributed by atoms with Crippen molar-refractivity contribution in [2.24, 2.45) is 0 Å². The van der Waals surface area contributed by atoms with E-state index in [4.69, 9.17) is 17.0 Å². The number of thioether (sulfide) groups is 1. The summed E-state index contributed by atoms with van der Waals surface area (Å²) in [6.45, 7) is 2.12. The number of thiocarbonyl (C=S) groups is 1. The predicted octanol–water partition coefficient (Wildman–Crippen LogP) is 5.32. The van der Waals surface area contributed by atoms with Gasteiger partial charge in [-0.1, -0.05) is 39.9 Å². The molecule has 2 aromatic rings. The lowest BCUT2D eigenvalue weighted by Gasteiger charge is -2.14. The van der Waals surface area contributed by atoms with E-state index in [1.807, 2.05) is 0 Å². The Kier molecular flexibility index (Phi) is 8.69. The van der Waals surface area contributed by atoms with E-state index < -0.39 is 5.97 Å². The molecule has 0 aliphatic carbocycles. The molecule has 1 saturated heterocycles. The lowest BCUT2D eigenvalue weighted by Crippen LogP contribution is -2.31. The summed E-state index contributed by atoms with van der Waals surface area (Å²) in [4.78, 5) is 38.6. The van der Waals surface area contributed by atoms with Crippen molar-refractivity contribution in [3.05, 3.63) is 61.4 Å². The number of phenolic OH excluding ortho intramolecular Hbond substituents is 1. The van der Waals surface area contributed by atoms with Crippen molar-refractivity contribution in [2.75, 3.05) is 18.5 Å². The molecule has 0 saturated carbocycles. The van der Waals surface area contributed by atoms with Crippen LogP contribution in [0.4, 0.5) is 5.69 Å². The molecular formula is C22H18Br2N2O5S2. The van der Waals surface area contributed by atoms with E-state index >= 15 is 0 Å². The molecule has 172 valence electrons. The van der Waals surface area contributed by atoms with Gasteiger partial charge in [0.1, 0.15) is 10.1 Å². The number of carbonyl (C=O) groups is 3. The number of phenols is 1. The quantitative estimate of drug-likeness (QED) is 0.248. The molecule has 0 radical (unpaired) electrons. The highest BCUT2D eigenvalue weighted by Crippen LogP contribution is 2.37. The Labute approximate surface area is 216 Å². The summed E-state index contributed by atoms with van der Waals surface area (Å²) in [7, 11) is 0. The molecule has 0 aromatic heterocycles. The monoisotopic (exact) mass is 612 g/mol. The molecule has 0 bridgehead atoms. The third-order valence-electron chi connectivity index (χ3n) is 4.46. The van der Waals surface area contributed by atoms with Crippen molar-refractivity contribution in [1.82, 2.24) is 4.90 Å². The molecule has 1 heterocycles. The van der Waals surface area contributed by atoms with E-state index in [9.17, 15) is 19.5 Å². The summed E-state index contributed by atoms with van der Waals surface area (Å²) in [5.74, 6) is -1.05. The normalized spacial score (nSPS) is 14.6. The van der Waals surface area contributed by atoms with Crippen LogP contribution in [0.1, 0.15) is 29.3 Å². The second-order valence-electron chi connectivity index (χ2n) is 6.75. The van der Waals surface area contributed by atoms with Gasteiger partial charge in [-0.3, -0.25) is 14.5 Å². The fourth-order valence-electron chi connectivity index (χ4n) is 2.87. The van der Waals surface area contributed by atoms with E-state index in [2.05, 4.69) is 37.2 Å². The smallest absolute Gasteiger partial charge is 0.338 e. The number of aromatic hydroxyl groups is 1. The van der Waals surface area contributed by atoms with Crippen LogP contribution in [0.3, 0.4) is 0 Å². The van der Waals surface area contributed by atoms with Crippen LogP contribution in [0.5, 0.6) is 5.75 Å². The molecular weight excluding hydrogens is 596 g/mol. The van der Waals surface area contributed by atoms with Gasteiger partial charge in [0.15, 0.2) is 0 Å². The number of rotatable bonds is 7. The maximum absolute atomic E-state index is 12.8. The molecule has 3 rings (SSSR count). The maximum Gasteiger partial charge on any atom is 0.338 e. The number of ether oxygens (including phenoxy) is 1. The highest BCUT2D eigenvalue weighted by atomic mass is 79.9. The molecule has 7 nitrogen and oxygen atoms in total. The molecule has 1 aliphatic heterocycles. The first-order valence-electron chi connectivity index (χ1n) is 9.70. The van der Waals surface area contributed by atoms with Crippen LogP contribution in [0.2, 0.25) is 0 Å². The molecule has 2 amide bonds. The van der Waals surface area contributed by atoms with Gasteiger partial charge in [0, 0.05) is 28.7 Å². The van der Waals surface area contributed by atoms with Crippen LogP contribution in [-0.2, 0) is 14.3 Å². The van der Waals surface area contributed by atoms with Gasteiger partial charge in [-0.05, 0) is 65.3 Å². The van der Waals surface area contributed by atoms with E-state index in [0.29, 0.717) is 30.5 Å². The number of esters is 1. The number of hydrogen-bond acceptors (Lipinski definition) is 7. The number of amides is 2. The minimum atomic E-state index is -0.429. The predicted molar refractivity (Wildman–Crippen MR) is 139 cm³/mol. The number of nitrogens with one attached hydrogen (secondary N) is 1. The highest BCUT2D eigenvalue weighted by Gasteiger charge is 2.32. The fourth-order valence-corrected chi connectivity index (χ4v) is 5.43. The lowest BCUT2D eigenvalue weighted by molar-refractivity contribution is -0.122. The van der Waals surface area contributed by atoms with Crippen LogP contribution in [0.15, 0.2) is 50.2 Å². The third kappa shape index (κ3) is 6.44. The van der Waals surface area contributed by atoms with Gasteiger partial charge in [0.05, 0.1) is 21.5 Å². The summed E-state index contributed by atoms with van der Waals surface area (Å²) in [6, 6.07) is 9.73. The van der Waals surface area contributed by atoms with E-state index in [1.165, 1.54) is 4.90 Å². The van der Waals surface area contributed by atoms with E-state index in [0.717, 1.165) is 16.2 Å². The molecule has 0 unspecified atom stereocenters. The first-order valence-corrected chi connectivity index (χ1v) is 12.5. The van der Waals surface area contributed by atoms with Crippen LogP contribution in [0, 0.1) is 0 Å². The minimum absolute atomic E-state index is 0.0109. The van der Waals surface area contributed by atoms with Crippen molar-refractivity contribution in [3.63, 3.8) is 0 Å². The van der Waals surface area contributed by atoms with E-state index in [1.54, 1.807) is 49.4 Å². The van der Waals surface area contributed by atoms with E-state index in [-0.39, 0.29) is 37.1 Å². The maximum atomic E-state index is 12.8. The Hall–Kier alpha value is -2.21. The van der Waals surface area contributed by atoms with Gasteiger partial charge in [-0.2, -0.15) is 0 Å². The van der Waals surface area contributed by atoms with Gasteiger partial charge < -0.3 is 15.2 Å². The van der Waals surface area contributed by atoms with Gasteiger partial charge in [0.25, 0.3) is 5.91 Å². The summed E-state index contributed by atoms with van der Waals surface area (Å²) in [5.41, 5.74) is 1.37. The second kappa shape index (κ2) is 11.3. The van der Waals surface area contributed by atoms with Crippen molar-refractivity contribution >= 4 is 89.7 Å². The Balaban J connectivity index is 1.60. The average Bonchev–Trinajstić information content (AvgIpc) is 3.03. The van der Waals surface area contributed by atoms with Gasteiger partial charge in [-0.15, -0.1) is 0 Å².